The maximum Gasteiger partial charge on any atom is 0.410 e. The standard InChI is InChI=1S/C25H41NO4/c1-5-9-11-14-18-26(25(28)29-8-4)19-22-16-12-13-17-23(22)24(27)30-20-21(7-3)15-10-6-2/h12-13,16-17,21H,5-11,14-15,18-20H2,1-4H3. The topological polar surface area (TPSA) is 55.8 Å². The minimum atomic E-state index is -0.331. The highest BCUT2D eigenvalue weighted by Gasteiger charge is 2.20. The number of esters is 1. The molecule has 0 spiro atoms. The average molecular weight is 420 g/mol. The fourth-order valence-electron chi connectivity index (χ4n) is 3.41. The van der Waals surface area contributed by atoms with Gasteiger partial charge in [0.05, 0.1) is 18.8 Å². The van der Waals surface area contributed by atoms with Gasteiger partial charge < -0.3 is 14.4 Å². The molecule has 1 atom stereocenters. The van der Waals surface area contributed by atoms with Gasteiger partial charge in [0.2, 0.25) is 0 Å². The van der Waals surface area contributed by atoms with E-state index < -0.39 is 0 Å². The Morgan fingerprint density at radius 3 is 2.33 bits per heavy atom. The number of hydrogen-bond donors (Lipinski definition) is 0. The summed E-state index contributed by atoms with van der Waals surface area (Å²) >= 11 is 0. The Bertz CT molecular complexity index is 617. The van der Waals surface area contributed by atoms with Gasteiger partial charge in [-0.1, -0.05) is 77.5 Å². The van der Waals surface area contributed by atoms with E-state index in [1.54, 1.807) is 17.9 Å². The van der Waals surface area contributed by atoms with Crippen LogP contribution in [0.25, 0.3) is 0 Å². The van der Waals surface area contributed by atoms with Crippen molar-refractivity contribution in [3.05, 3.63) is 35.4 Å². The summed E-state index contributed by atoms with van der Waals surface area (Å²) in [4.78, 5) is 26.9. The number of carbonyl (C=O) groups excluding carboxylic acids is 2. The van der Waals surface area contributed by atoms with E-state index in [0.29, 0.717) is 37.8 Å². The molecule has 30 heavy (non-hydrogen) atoms. The molecule has 1 aromatic carbocycles. The van der Waals surface area contributed by atoms with Crippen molar-refractivity contribution >= 4 is 12.1 Å². The smallest absolute Gasteiger partial charge is 0.410 e. The van der Waals surface area contributed by atoms with Gasteiger partial charge in [0.25, 0.3) is 0 Å². The highest BCUT2D eigenvalue weighted by Crippen LogP contribution is 2.18. The molecule has 1 aromatic rings. The van der Waals surface area contributed by atoms with E-state index in [1.165, 1.54) is 0 Å². The normalized spacial score (nSPS) is 11.7. The molecular weight excluding hydrogens is 378 g/mol. The van der Waals surface area contributed by atoms with Crippen LogP contribution in [0.5, 0.6) is 0 Å². The molecule has 0 aliphatic heterocycles. The first-order chi connectivity index (χ1) is 14.6. The Kier molecular flexibility index (Phi) is 13.7. The minimum Gasteiger partial charge on any atom is -0.462 e. The Morgan fingerprint density at radius 1 is 0.933 bits per heavy atom. The molecule has 0 N–H and O–H groups in total. The van der Waals surface area contributed by atoms with Crippen LogP contribution < -0.4 is 0 Å². The van der Waals surface area contributed by atoms with Crippen LogP contribution in [0.3, 0.4) is 0 Å². The summed E-state index contributed by atoms with van der Waals surface area (Å²) in [5.74, 6) is 0.0889. The second kappa shape index (κ2) is 15.8. The number of ether oxygens (including phenoxy) is 2. The SMILES string of the molecule is CCCCCCN(Cc1ccccc1C(=O)OCC(CC)CCCC)C(=O)OCC. The van der Waals surface area contributed by atoms with Crippen molar-refractivity contribution in [1.82, 2.24) is 4.90 Å². The predicted molar refractivity (Wildman–Crippen MR) is 122 cm³/mol. The van der Waals surface area contributed by atoms with Crippen molar-refractivity contribution in [3.63, 3.8) is 0 Å². The van der Waals surface area contributed by atoms with Crippen molar-refractivity contribution < 1.29 is 19.1 Å². The summed E-state index contributed by atoms with van der Waals surface area (Å²) in [6.07, 6.45) is 8.35. The van der Waals surface area contributed by atoms with Gasteiger partial charge in [-0.2, -0.15) is 0 Å². The van der Waals surface area contributed by atoms with E-state index in [0.717, 1.165) is 56.9 Å². The number of hydrogen-bond acceptors (Lipinski definition) is 4. The van der Waals surface area contributed by atoms with E-state index in [1.807, 2.05) is 18.2 Å². The lowest BCUT2D eigenvalue weighted by molar-refractivity contribution is 0.0424. The lowest BCUT2D eigenvalue weighted by Gasteiger charge is -2.23. The molecule has 1 rings (SSSR count). The largest absolute Gasteiger partial charge is 0.462 e. The van der Waals surface area contributed by atoms with Crippen LogP contribution in [0.2, 0.25) is 0 Å². The molecule has 1 amide bonds. The number of carbonyl (C=O) groups is 2. The molecule has 170 valence electrons. The van der Waals surface area contributed by atoms with Crippen LogP contribution in [0.4, 0.5) is 4.79 Å². The first-order valence-electron chi connectivity index (χ1n) is 11.7. The summed E-state index contributed by atoms with van der Waals surface area (Å²) in [6.45, 7) is 10.0. The molecule has 5 nitrogen and oxygen atoms in total. The van der Waals surface area contributed by atoms with Crippen molar-refractivity contribution in [1.29, 1.82) is 0 Å². The summed E-state index contributed by atoms with van der Waals surface area (Å²) in [6, 6.07) is 7.40. The van der Waals surface area contributed by atoms with Crippen LogP contribution in [0.1, 0.15) is 95.0 Å². The van der Waals surface area contributed by atoms with Crippen molar-refractivity contribution in [2.45, 2.75) is 85.6 Å². The Labute approximate surface area is 183 Å². The molecular formula is C25H41NO4. The molecule has 0 aromatic heterocycles. The molecule has 0 bridgehead atoms. The van der Waals surface area contributed by atoms with Gasteiger partial charge >= 0.3 is 12.1 Å². The number of unbranched alkanes of at least 4 members (excludes halogenated alkanes) is 4. The Hall–Kier alpha value is -2.04. The molecule has 0 radical (unpaired) electrons. The van der Waals surface area contributed by atoms with Gasteiger partial charge in [-0.3, -0.25) is 0 Å². The maximum absolute atomic E-state index is 12.8. The van der Waals surface area contributed by atoms with Crippen LogP contribution in [0.15, 0.2) is 24.3 Å². The van der Waals surface area contributed by atoms with Crippen LogP contribution in [-0.4, -0.2) is 36.7 Å². The fourth-order valence-corrected chi connectivity index (χ4v) is 3.41. The van der Waals surface area contributed by atoms with E-state index in [-0.39, 0.29) is 12.1 Å². The summed E-state index contributed by atoms with van der Waals surface area (Å²) in [5, 5.41) is 0. The zero-order valence-electron chi connectivity index (χ0n) is 19.5. The van der Waals surface area contributed by atoms with Crippen molar-refractivity contribution in [3.8, 4) is 0 Å². The Balaban J connectivity index is 2.82. The molecule has 0 heterocycles. The quantitative estimate of drug-likeness (QED) is 0.237. The lowest BCUT2D eigenvalue weighted by Crippen LogP contribution is -2.32. The number of rotatable bonds is 15. The van der Waals surface area contributed by atoms with Gasteiger partial charge in [-0.15, -0.1) is 0 Å². The molecule has 0 aliphatic rings. The van der Waals surface area contributed by atoms with Gasteiger partial charge in [0, 0.05) is 13.1 Å². The molecule has 0 saturated carbocycles. The summed E-state index contributed by atoms with van der Waals surface area (Å²) in [5.41, 5.74) is 1.33. The monoisotopic (exact) mass is 419 g/mol. The predicted octanol–water partition coefficient (Wildman–Crippen LogP) is 6.60. The maximum atomic E-state index is 12.8. The van der Waals surface area contributed by atoms with E-state index in [4.69, 9.17) is 9.47 Å². The zero-order chi connectivity index (χ0) is 22.2. The summed E-state index contributed by atoms with van der Waals surface area (Å²) < 4.78 is 10.9. The van der Waals surface area contributed by atoms with Gasteiger partial charge in [-0.05, 0) is 37.3 Å². The first-order valence-corrected chi connectivity index (χ1v) is 11.7. The third-order valence-corrected chi connectivity index (χ3v) is 5.40. The van der Waals surface area contributed by atoms with Gasteiger partial charge in [0.1, 0.15) is 0 Å². The van der Waals surface area contributed by atoms with E-state index >= 15 is 0 Å². The molecule has 0 aliphatic carbocycles. The van der Waals surface area contributed by atoms with Crippen LogP contribution in [0, 0.1) is 5.92 Å². The molecule has 5 heteroatoms. The zero-order valence-corrected chi connectivity index (χ0v) is 19.5. The second-order valence-electron chi connectivity index (χ2n) is 7.85. The third-order valence-electron chi connectivity index (χ3n) is 5.40. The summed E-state index contributed by atoms with van der Waals surface area (Å²) in [7, 11) is 0. The van der Waals surface area contributed by atoms with Crippen LogP contribution in [-0.2, 0) is 16.0 Å². The Morgan fingerprint density at radius 2 is 1.67 bits per heavy atom. The van der Waals surface area contributed by atoms with E-state index in [9.17, 15) is 9.59 Å². The first kappa shape index (κ1) is 26.0. The molecule has 0 fully saturated rings. The van der Waals surface area contributed by atoms with Crippen molar-refractivity contribution in [2.24, 2.45) is 5.92 Å². The molecule has 0 saturated heterocycles. The highest BCUT2D eigenvalue weighted by atomic mass is 16.6. The van der Waals surface area contributed by atoms with Gasteiger partial charge in [0.15, 0.2) is 0 Å². The lowest BCUT2D eigenvalue weighted by atomic mass is 10.0. The minimum absolute atomic E-state index is 0.310. The number of nitrogens with zero attached hydrogens (tertiary/aromatic N) is 1. The molecule has 1 unspecified atom stereocenters. The fraction of sp³-hybridized carbons (Fsp3) is 0.680. The second-order valence-corrected chi connectivity index (χ2v) is 7.85. The number of benzene rings is 1. The highest BCUT2D eigenvalue weighted by molar-refractivity contribution is 5.91. The number of amides is 1. The van der Waals surface area contributed by atoms with Crippen LogP contribution >= 0.6 is 0 Å². The van der Waals surface area contributed by atoms with Gasteiger partial charge in [-0.25, -0.2) is 9.59 Å². The average Bonchev–Trinajstić information content (AvgIpc) is 2.76. The third kappa shape index (κ3) is 9.64. The van der Waals surface area contributed by atoms with E-state index in [2.05, 4.69) is 20.8 Å². The van der Waals surface area contributed by atoms with Crippen molar-refractivity contribution in [2.75, 3.05) is 19.8 Å².